The lowest BCUT2D eigenvalue weighted by Gasteiger charge is -2.36. The number of carboxylic acids is 1. The molecule has 3 rings (SSSR count). The number of rotatable bonds is 3. The Morgan fingerprint density at radius 2 is 1.88 bits per heavy atom. The number of aromatic nitrogens is 2. The van der Waals surface area contributed by atoms with E-state index in [-0.39, 0.29) is 10.6 Å². The third kappa shape index (κ3) is 4.15. The lowest BCUT2D eigenvalue weighted by atomic mass is 10.2. The number of nitrogens with one attached hydrogen (secondary N) is 1. The number of hydrogen-bond donors (Lipinski definition) is 2. The molecule has 2 heterocycles. The van der Waals surface area contributed by atoms with Gasteiger partial charge in [0.15, 0.2) is 5.11 Å². The number of aromatic carboxylic acids is 1. The Bertz CT molecular complexity index is 781. The van der Waals surface area contributed by atoms with Crippen molar-refractivity contribution in [2.75, 3.05) is 36.4 Å². The molecule has 0 saturated carbocycles. The van der Waals surface area contributed by atoms with E-state index in [1.165, 1.54) is 6.07 Å². The van der Waals surface area contributed by atoms with E-state index in [0.717, 1.165) is 32.1 Å². The highest BCUT2D eigenvalue weighted by atomic mass is 35.5. The Morgan fingerprint density at radius 3 is 2.48 bits per heavy atom. The SMILES string of the molecule is O=C(O)c1ccc(NC(=S)N2CCN(c3ncccn3)CC2)cc1Cl. The molecule has 0 amide bonds. The van der Waals surface area contributed by atoms with E-state index in [2.05, 4.69) is 20.2 Å². The topological polar surface area (TPSA) is 81.6 Å². The van der Waals surface area contributed by atoms with E-state index in [1.807, 2.05) is 4.90 Å². The van der Waals surface area contributed by atoms with Crippen LogP contribution in [0.5, 0.6) is 0 Å². The number of piperazine rings is 1. The van der Waals surface area contributed by atoms with Gasteiger partial charge in [-0.2, -0.15) is 0 Å². The zero-order valence-corrected chi connectivity index (χ0v) is 14.8. The Kier molecular flexibility index (Phi) is 5.30. The van der Waals surface area contributed by atoms with Gasteiger partial charge in [0.2, 0.25) is 5.95 Å². The average molecular weight is 378 g/mol. The van der Waals surface area contributed by atoms with Gasteiger partial charge in [-0.1, -0.05) is 11.6 Å². The molecule has 7 nitrogen and oxygen atoms in total. The van der Waals surface area contributed by atoms with E-state index in [0.29, 0.717) is 10.8 Å². The normalized spacial score (nSPS) is 14.3. The van der Waals surface area contributed by atoms with Gasteiger partial charge in [0, 0.05) is 44.3 Å². The molecule has 2 aromatic rings. The van der Waals surface area contributed by atoms with Crippen LogP contribution in [0.4, 0.5) is 11.6 Å². The Labute approximate surface area is 155 Å². The van der Waals surface area contributed by atoms with E-state index in [1.54, 1.807) is 30.6 Å². The van der Waals surface area contributed by atoms with Crippen molar-refractivity contribution in [3.8, 4) is 0 Å². The molecule has 1 aromatic carbocycles. The van der Waals surface area contributed by atoms with Crippen LogP contribution in [-0.4, -0.2) is 57.2 Å². The number of hydrogen-bond acceptors (Lipinski definition) is 5. The van der Waals surface area contributed by atoms with Gasteiger partial charge in [-0.05, 0) is 36.5 Å². The summed E-state index contributed by atoms with van der Waals surface area (Å²) in [6, 6.07) is 6.46. The van der Waals surface area contributed by atoms with Gasteiger partial charge in [0.05, 0.1) is 10.6 Å². The minimum atomic E-state index is -1.06. The fraction of sp³-hybridized carbons (Fsp3) is 0.250. The van der Waals surface area contributed by atoms with Gasteiger partial charge in [0.25, 0.3) is 0 Å². The summed E-state index contributed by atoms with van der Waals surface area (Å²) in [6.45, 7) is 3.02. The van der Waals surface area contributed by atoms with E-state index in [9.17, 15) is 4.79 Å². The predicted octanol–water partition coefficient (Wildman–Crippen LogP) is 2.35. The van der Waals surface area contributed by atoms with Crippen LogP contribution >= 0.6 is 23.8 Å². The number of carboxylic acid groups (broad SMARTS) is 1. The molecule has 1 aromatic heterocycles. The fourth-order valence-corrected chi connectivity index (χ4v) is 3.09. The highest BCUT2D eigenvalue weighted by molar-refractivity contribution is 7.80. The molecule has 0 atom stereocenters. The number of nitrogens with zero attached hydrogens (tertiary/aromatic N) is 4. The van der Waals surface area contributed by atoms with Crippen molar-refractivity contribution in [3.05, 3.63) is 47.2 Å². The summed E-state index contributed by atoms with van der Waals surface area (Å²) >= 11 is 11.4. The molecule has 1 saturated heterocycles. The van der Waals surface area contributed by atoms with Crippen molar-refractivity contribution in [2.24, 2.45) is 0 Å². The molecule has 130 valence electrons. The van der Waals surface area contributed by atoms with Gasteiger partial charge < -0.3 is 20.2 Å². The second-order valence-corrected chi connectivity index (χ2v) is 6.25. The van der Waals surface area contributed by atoms with Crippen LogP contribution in [0.15, 0.2) is 36.7 Å². The highest BCUT2D eigenvalue weighted by Crippen LogP contribution is 2.21. The van der Waals surface area contributed by atoms with Gasteiger partial charge in [-0.25, -0.2) is 14.8 Å². The molecule has 25 heavy (non-hydrogen) atoms. The van der Waals surface area contributed by atoms with Crippen molar-refractivity contribution in [2.45, 2.75) is 0 Å². The maximum atomic E-state index is 11.0. The lowest BCUT2D eigenvalue weighted by Crippen LogP contribution is -2.50. The first-order chi connectivity index (χ1) is 12.0. The van der Waals surface area contributed by atoms with Crippen molar-refractivity contribution in [3.63, 3.8) is 0 Å². The highest BCUT2D eigenvalue weighted by Gasteiger charge is 2.20. The summed E-state index contributed by atoms with van der Waals surface area (Å²) in [6.07, 6.45) is 3.46. The summed E-state index contributed by atoms with van der Waals surface area (Å²) in [7, 11) is 0. The van der Waals surface area contributed by atoms with Crippen molar-refractivity contribution >= 4 is 46.5 Å². The third-order valence-corrected chi connectivity index (χ3v) is 4.53. The molecule has 0 spiro atoms. The lowest BCUT2D eigenvalue weighted by molar-refractivity contribution is 0.0697. The fourth-order valence-electron chi connectivity index (χ4n) is 2.53. The van der Waals surface area contributed by atoms with Crippen LogP contribution in [-0.2, 0) is 0 Å². The van der Waals surface area contributed by atoms with Crippen LogP contribution in [0.3, 0.4) is 0 Å². The first-order valence-electron chi connectivity index (χ1n) is 7.65. The quantitative estimate of drug-likeness (QED) is 0.789. The summed E-state index contributed by atoms with van der Waals surface area (Å²) in [5.41, 5.74) is 0.725. The second-order valence-electron chi connectivity index (χ2n) is 5.45. The second kappa shape index (κ2) is 7.62. The molecular formula is C16H16ClN5O2S. The van der Waals surface area contributed by atoms with Crippen LogP contribution in [0.25, 0.3) is 0 Å². The molecule has 0 aliphatic carbocycles. The summed E-state index contributed by atoms with van der Waals surface area (Å²) in [4.78, 5) is 23.7. The minimum absolute atomic E-state index is 0.0645. The monoisotopic (exact) mass is 377 g/mol. The molecule has 9 heteroatoms. The number of halogens is 1. The maximum absolute atomic E-state index is 11.0. The number of thiocarbonyl (C=S) groups is 1. The van der Waals surface area contributed by atoms with Crippen LogP contribution < -0.4 is 10.2 Å². The van der Waals surface area contributed by atoms with Gasteiger partial charge in [-0.3, -0.25) is 0 Å². The molecule has 0 radical (unpaired) electrons. The first kappa shape index (κ1) is 17.4. The van der Waals surface area contributed by atoms with Crippen LogP contribution in [0.2, 0.25) is 5.02 Å². The molecular weight excluding hydrogens is 362 g/mol. The van der Waals surface area contributed by atoms with E-state index in [4.69, 9.17) is 28.9 Å². The maximum Gasteiger partial charge on any atom is 0.337 e. The Balaban J connectivity index is 1.58. The largest absolute Gasteiger partial charge is 0.478 e. The molecule has 0 unspecified atom stereocenters. The molecule has 0 bridgehead atoms. The molecule has 1 aliphatic rings. The predicted molar refractivity (Wildman–Crippen MR) is 100 cm³/mol. The molecule has 2 N–H and O–H groups in total. The first-order valence-corrected chi connectivity index (χ1v) is 8.44. The molecule has 1 fully saturated rings. The van der Waals surface area contributed by atoms with Crippen LogP contribution in [0.1, 0.15) is 10.4 Å². The van der Waals surface area contributed by atoms with E-state index < -0.39 is 5.97 Å². The molecule has 1 aliphatic heterocycles. The number of anilines is 2. The number of carbonyl (C=O) groups is 1. The van der Waals surface area contributed by atoms with Crippen molar-refractivity contribution in [1.29, 1.82) is 0 Å². The van der Waals surface area contributed by atoms with Gasteiger partial charge >= 0.3 is 5.97 Å². The van der Waals surface area contributed by atoms with E-state index >= 15 is 0 Å². The smallest absolute Gasteiger partial charge is 0.337 e. The summed E-state index contributed by atoms with van der Waals surface area (Å²) in [5.74, 6) is -0.338. The zero-order valence-electron chi connectivity index (χ0n) is 13.2. The zero-order chi connectivity index (χ0) is 17.8. The number of benzene rings is 1. The standard InChI is InChI=1S/C16H16ClN5O2S/c17-13-10-11(2-3-12(13)14(23)24)20-16(25)22-8-6-21(7-9-22)15-18-4-1-5-19-15/h1-5,10H,6-9H2,(H,20,25)(H,23,24). The Morgan fingerprint density at radius 1 is 1.20 bits per heavy atom. The van der Waals surface area contributed by atoms with Crippen molar-refractivity contribution in [1.82, 2.24) is 14.9 Å². The van der Waals surface area contributed by atoms with Crippen molar-refractivity contribution < 1.29 is 9.90 Å². The van der Waals surface area contributed by atoms with Gasteiger partial charge in [0.1, 0.15) is 0 Å². The minimum Gasteiger partial charge on any atom is -0.478 e. The van der Waals surface area contributed by atoms with Crippen LogP contribution in [0, 0.1) is 0 Å². The Hall–Kier alpha value is -2.45. The van der Waals surface area contributed by atoms with Gasteiger partial charge in [-0.15, -0.1) is 0 Å². The average Bonchev–Trinajstić information content (AvgIpc) is 2.62. The summed E-state index contributed by atoms with van der Waals surface area (Å²) < 4.78 is 0. The third-order valence-electron chi connectivity index (χ3n) is 3.85. The summed E-state index contributed by atoms with van der Waals surface area (Å²) in [5, 5.41) is 12.9.